The molecule has 1 N–H and O–H groups in total. The molecule has 1 aromatic carbocycles. The molecule has 1 atom stereocenters. The molecule has 1 aromatic rings. The first kappa shape index (κ1) is 17.5. The van der Waals surface area contributed by atoms with Gasteiger partial charge in [-0.3, -0.25) is 14.9 Å². The first-order valence-electron chi connectivity index (χ1n) is 7.45. The smallest absolute Gasteiger partial charge is 0.330 e. The second-order valence-electron chi connectivity index (χ2n) is 5.54. The lowest BCUT2D eigenvalue weighted by molar-refractivity contribution is -0.384. The van der Waals surface area contributed by atoms with Gasteiger partial charge in [0.25, 0.3) is 5.69 Å². The highest BCUT2D eigenvalue weighted by Gasteiger charge is 2.25. The van der Waals surface area contributed by atoms with Crippen LogP contribution in [0.25, 0.3) is 6.08 Å². The molecule has 1 aliphatic heterocycles. The van der Waals surface area contributed by atoms with Gasteiger partial charge in [0, 0.05) is 38.2 Å². The number of benzene rings is 1. The van der Waals surface area contributed by atoms with Crippen LogP contribution < -0.4 is 5.32 Å². The van der Waals surface area contributed by atoms with E-state index in [0.717, 1.165) is 6.42 Å². The highest BCUT2D eigenvalue weighted by Crippen LogP contribution is 2.28. The van der Waals surface area contributed by atoms with E-state index in [1.54, 1.807) is 24.1 Å². The van der Waals surface area contributed by atoms with Gasteiger partial charge in [0.05, 0.1) is 12.0 Å². The number of anilines is 1. The van der Waals surface area contributed by atoms with Gasteiger partial charge < -0.3 is 15.0 Å². The maximum Gasteiger partial charge on any atom is 0.330 e. The molecule has 8 heteroatoms. The van der Waals surface area contributed by atoms with Crippen LogP contribution in [0, 0.1) is 10.1 Å². The van der Waals surface area contributed by atoms with Crippen LogP contribution >= 0.6 is 0 Å². The Bertz CT molecular complexity index is 686. The zero-order valence-electron chi connectivity index (χ0n) is 13.5. The zero-order chi connectivity index (χ0) is 17.7. The van der Waals surface area contributed by atoms with E-state index >= 15 is 0 Å². The maximum absolute atomic E-state index is 11.7. The van der Waals surface area contributed by atoms with E-state index < -0.39 is 10.9 Å². The standard InChI is InChI=1S/C16H19N3O5/c1-18-8-7-12(10-15(18)20)17-13-5-3-11(4-6-16(21)24-2)9-14(13)19(22)23/h3-6,9,12,17H,7-8,10H2,1-2H3/b6-4+. The molecule has 8 nitrogen and oxygen atoms in total. The zero-order valence-corrected chi connectivity index (χ0v) is 13.5. The van der Waals surface area contributed by atoms with Gasteiger partial charge >= 0.3 is 5.97 Å². The van der Waals surface area contributed by atoms with E-state index in [1.165, 1.54) is 25.3 Å². The summed E-state index contributed by atoms with van der Waals surface area (Å²) in [6.45, 7) is 0.615. The van der Waals surface area contributed by atoms with E-state index in [0.29, 0.717) is 24.2 Å². The number of carbonyl (C=O) groups is 2. The molecule has 0 bridgehead atoms. The van der Waals surface area contributed by atoms with E-state index in [-0.39, 0.29) is 17.6 Å². The number of hydrogen-bond acceptors (Lipinski definition) is 6. The van der Waals surface area contributed by atoms with Crippen molar-refractivity contribution in [2.45, 2.75) is 18.9 Å². The first-order valence-corrected chi connectivity index (χ1v) is 7.45. The minimum Gasteiger partial charge on any atom is -0.466 e. The fourth-order valence-electron chi connectivity index (χ4n) is 2.44. The van der Waals surface area contributed by atoms with Crippen LogP contribution in [0.2, 0.25) is 0 Å². The Labute approximate surface area is 139 Å². The minimum absolute atomic E-state index is 0.0130. The summed E-state index contributed by atoms with van der Waals surface area (Å²) in [5, 5.41) is 14.4. The molecular weight excluding hydrogens is 314 g/mol. The Hall–Kier alpha value is -2.90. The molecule has 0 radical (unpaired) electrons. The molecule has 0 saturated carbocycles. The molecule has 1 aliphatic rings. The molecule has 0 spiro atoms. The van der Waals surface area contributed by atoms with Crippen LogP contribution in [0.3, 0.4) is 0 Å². The van der Waals surface area contributed by atoms with Crippen molar-refractivity contribution < 1.29 is 19.2 Å². The Morgan fingerprint density at radius 3 is 2.88 bits per heavy atom. The van der Waals surface area contributed by atoms with Crippen LogP contribution in [0.1, 0.15) is 18.4 Å². The summed E-state index contributed by atoms with van der Waals surface area (Å²) in [5.74, 6) is -0.524. The van der Waals surface area contributed by atoms with Gasteiger partial charge in [-0.05, 0) is 24.1 Å². The molecular formula is C16H19N3O5. The lowest BCUT2D eigenvalue weighted by atomic mass is 10.0. The minimum atomic E-state index is -0.537. The summed E-state index contributed by atoms with van der Waals surface area (Å²) in [7, 11) is 2.99. The average Bonchev–Trinajstić information content (AvgIpc) is 2.56. The van der Waals surface area contributed by atoms with E-state index in [2.05, 4.69) is 10.1 Å². The molecule has 1 saturated heterocycles. The Kier molecular flexibility index (Phi) is 5.51. The number of nitrogens with one attached hydrogen (secondary N) is 1. The number of nitro groups is 1. The highest BCUT2D eigenvalue weighted by atomic mass is 16.6. The molecule has 24 heavy (non-hydrogen) atoms. The normalized spacial score (nSPS) is 17.8. The number of piperidine rings is 1. The summed E-state index contributed by atoms with van der Waals surface area (Å²) in [6, 6.07) is 4.48. The number of amides is 1. The third-order valence-electron chi connectivity index (χ3n) is 3.85. The Morgan fingerprint density at radius 1 is 1.50 bits per heavy atom. The van der Waals surface area contributed by atoms with Gasteiger partial charge in [-0.25, -0.2) is 4.79 Å². The van der Waals surface area contributed by atoms with Crippen molar-refractivity contribution >= 4 is 29.3 Å². The molecule has 128 valence electrons. The van der Waals surface area contributed by atoms with Crippen molar-refractivity contribution in [2.24, 2.45) is 0 Å². The lowest BCUT2D eigenvalue weighted by Crippen LogP contribution is -2.41. The Balaban J connectivity index is 2.18. The molecule has 1 heterocycles. The summed E-state index contributed by atoms with van der Waals surface area (Å²) in [5.41, 5.74) is 0.767. The average molecular weight is 333 g/mol. The number of ether oxygens (including phenoxy) is 1. The maximum atomic E-state index is 11.7. The topological polar surface area (TPSA) is 102 Å². The second-order valence-corrected chi connectivity index (χ2v) is 5.54. The molecule has 0 aromatic heterocycles. The fourth-order valence-corrected chi connectivity index (χ4v) is 2.44. The lowest BCUT2D eigenvalue weighted by Gasteiger charge is -2.29. The summed E-state index contributed by atoms with van der Waals surface area (Å²) >= 11 is 0. The van der Waals surface area contributed by atoms with Crippen LogP contribution in [-0.2, 0) is 14.3 Å². The summed E-state index contributed by atoms with van der Waals surface area (Å²) in [4.78, 5) is 35.3. The van der Waals surface area contributed by atoms with Crippen molar-refractivity contribution in [1.29, 1.82) is 0 Å². The number of nitro benzene ring substituents is 1. The number of likely N-dealkylation sites (tertiary alicyclic amines) is 1. The number of esters is 1. The van der Waals surface area contributed by atoms with Crippen molar-refractivity contribution in [2.75, 3.05) is 26.0 Å². The van der Waals surface area contributed by atoms with Gasteiger partial charge in [0.2, 0.25) is 5.91 Å². The molecule has 1 amide bonds. The third kappa shape index (κ3) is 4.31. The molecule has 2 rings (SSSR count). The Morgan fingerprint density at radius 2 is 2.25 bits per heavy atom. The van der Waals surface area contributed by atoms with Gasteiger partial charge in [0.1, 0.15) is 5.69 Å². The van der Waals surface area contributed by atoms with Gasteiger partial charge in [0.15, 0.2) is 0 Å². The summed E-state index contributed by atoms with van der Waals surface area (Å²) < 4.78 is 4.48. The number of hydrogen-bond donors (Lipinski definition) is 1. The first-order chi connectivity index (χ1) is 11.4. The van der Waals surface area contributed by atoms with Crippen LogP contribution in [-0.4, -0.2) is 48.4 Å². The third-order valence-corrected chi connectivity index (χ3v) is 3.85. The van der Waals surface area contributed by atoms with Gasteiger partial charge in [-0.2, -0.15) is 0 Å². The van der Waals surface area contributed by atoms with Crippen LogP contribution in [0.15, 0.2) is 24.3 Å². The van der Waals surface area contributed by atoms with Crippen molar-refractivity contribution in [3.8, 4) is 0 Å². The number of nitrogens with zero attached hydrogens (tertiary/aromatic N) is 2. The van der Waals surface area contributed by atoms with Crippen molar-refractivity contribution in [3.05, 3.63) is 40.0 Å². The van der Waals surface area contributed by atoms with E-state index in [9.17, 15) is 19.7 Å². The molecule has 0 aliphatic carbocycles. The largest absolute Gasteiger partial charge is 0.466 e. The predicted octanol–water partition coefficient (Wildman–Crippen LogP) is 1.81. The predicted molar refractivity (Wildman–Crippen MR) is 88.4 cm³/mol. The number of carbonyl (C=O) groups excluding carboxylic acids is 2. The molecule has 1 fully saturated rings. The second kappa shape index (κ2) is 7.58. The quantitative estimate of drug-likeness (QED) is 0.382. The van der Waals surface area contributed by atoms with Crippen molar-refractivity contribution in [1.82, 2.24) is 4.90 Å². The van der Waals surface area contributed by atoms with Crippen LogP contribution in [0.4, 0.5) is 11.4 Å². The fraction of sp³-hybridized carbons (Fsp3) is 0.375. The van der Waals surface area contributed by atoms with Gasteiger partial charge in [-0.15, -0.1) is 0 Å². The van der Waals surface area contributed by atoms with Crippen LogP contribution in [0.5, 0.6) is 0 Å². The number of rotatable bonds is 5. The van der Waals surface area contributed by atoms with Gasteiger partial charge in [-0.1, -0.05) is 6.07 Å². The highest BCUT2D eigenvalue weighted by molar-refractivity contribution is 5.87. The monoisotopic (exact) mass is 333 g/mol. The van der Waals surface area contributed by atoms with E-state index in [1.807, 2.05) is 0 Å². The summed E-state index contributed by atoms with van der Waals surface area (Å²) in [6.07, 6.45) is 3.67. The molecule has 1 unspecified atom stereocenters. The number of methoxy groups -OCH3 is 1. The van der Waals surface area contributed by atoms with E-state index in [4.69, 9.17) is 0 Å². The van der Waals surface area contributed by atoms with Crippen molar-refractivity contribution in [3.63, 3.8) is 0 Å². The SMILES string of the molecule is COC(=O)/C=C/c1ccc(NC2CCN(C)C(=O)C2)c([N+](=O)[O-])c1.